The first kappa shape index (κ1) is 20.8. The summed E-state index contributed by atoms with van der Waals surface area (Å²) in [6.45, 7) is 14.1. The molecule has 6 heteroatoms. The highest BCUT2D eigenvalue weighted by Gasteiger charge is 2.36. The van der Waals surface area contributed by atoms with Gasteiger partial charge >= 0.3 is 13.6 Å². The predicted octanol–water partition coefficient (Wildman–Crippen LogP) is 2.52. The third-order valence-electron chi connectivity index (χ3n) is 5.08. The Bertz CT molecular complexity index is 659. The molecule has 0 saturated heterocycles. The van der Waals surface area contributed by atoms with Crippen molar-refractivity contribution >= 4 is 19.0 Å². The van der Waals surface area contributed by atoms with Crippen LogP contribution in [0, 0.1) is 0 Å². The quantitative estimate of drug-likeness (QED) is 0.838. The molecule has 0 saturated carbocycles. The van der Waals surface area contributed by atoms with Crippen molar-refractivity contribution in [2.45, 2.75) is 78.2 Å². The molecule has 1 aliphatic heterocycles. The van der Waals surface area contributed by atoms with E-state index in [0.717, 1.165) is 17.4 Å². The fraction of sp³-hybridized carbons (Fsp3) is 0.650. The fourth-order valence-electron chi connectivity index (χ4n) is 2.74. The van der Waals surface area contributed by atoms with Gasteiger partial charge in [-0.05, 0) is 71.5 Å². The molecular formula is C20H32BNO4. The SMILES string of the molecule is CC(C)(C)OC(=O)N1CCc2c(BOC(C)(C)C(C)(C)O)cccc2C1. The number of carbonyl (C=O) groups is 1. The maximum atomic E-state index is 12.3. The molecule has 0 aromatic heterocycles. The summed E-state index contributed by atoms with van der Waals surface area (Å²) in [4.78, 5) is 14.1. The molecule has 1 heterocycles. The molecule has 0 aliphatic carbocycles. The first-order valence-electron chi connectivity index (χ1n) is 9.24. The average molecular weight is 361 g/mol. The van der Waals surface area contributed by atoms with E-state index < -0.39 is 16.8 Å². The number of carbonyl (C=O) groups excluding carboxylic acids is 1. The van der Waals surface area contributed by atoms with Crippen molar-refractivity contribution in [1.82, 2.24) is 4.90 Å². The van der Waals surface area contributed by atoms with Crippen LogP contribution in [0.15, 0.2) is 18.2 Å². The topological polar surface area (TPSA) is 59.0 Å². The first-order valence-corrected chi connectivity index (χ1v) is 9.24. The zero-order valence-electron chi connectivity index (χ0n) is 17.2. The van der Waals surface area contributed by atoms with Gasteiger partial charge in [0.2, 0.25) is 0 Å². The number of aliphatic hydroxyl groups is 1. The smallest absolute Gasteiger partial charge is 0.410 e. The molecule has 1 N–H and O–H groups in total. The number of benzene rings is 1. The number of nitrogens with zero attached hydrogens (tertiary/aromatic N) is 1. The van der Waals surface area contributed by atoms with Crippen LogP contribution in [-0.2, 0) is 22.4 Å². The lowest BCUT2D eigenvalue weighted by atomic mass is 9.77. The Labute approximate surface area is 157 Å². The minimum absolute atomic E-state index is 0.270. The Morgan fingerprint density at radius 2 is 1.81 bits per heavy atom. The summed E-state index contributed by atoms with van der Waals surface area (Å²) in [5, 5.41) is 10.3. The van der Waals surface area contributed by atoms with Gasteiger partial charge in [-0.25, -0.2) is 4.79 Å². The molecule has 2 rings (SSSR count). The van der Waals surface area contributed by atoms with E-state index in [0.29, 0.717) is 20.6 Å². The van der Waals surface area contributed by atoms with Crippen LogP contribution in [0.5, 0.6) is 0 Å². The fourth-order valence-corrected chi connectivity index (χ4v) is 2.74. The molecule has 26 heavy (non-hydrogen) atoms. The van der Waals surface area contributed by atoms with Crippen molar-refractivity contribution in [3.8, 4) is 0 Å². The standard InChI is InChI=1S/C20H32BNO4/c1-18(2,3)25-17(23)22-12-11-15-14(13-22)9-8-10-16(15)21-26-20(6,7)19(4,5)24/h8-10,21,24H,11-13H2,1-7H3. The van der Waals surface area contributed by atoms with Gasteiger partial charge in [0.05, 0.1) is 11.2 Å². The molecule has 1 aromatic rings. The average Bonchev–Trinajstić information content (AvgIpc) is 2.49. The molecular weight excluding hydrogens is 329 g/mol. The monoisotopic (exact) mass is 361 g/mol. The van der Waals surface area contributed by atoms with Crippen LogP contribution in [0.25, 0.3) is 0 Å². The minimum Gasteiger partial charge on any atom is -0.444 e. The van der Waals surface area contributed by atoms with Crippen molar-refractivity contribution in [2.24, 2.45) is 0 Å². The van der Waals surface area contributed by atoms with Crippen molar-refractivity contribution in [2.75, 3.05) is 6.54 Å². The summed E-state index contributed by atoms with van der Waals surface area (Å²) in [5.74, 6) is 0. The second-order valence-corrected chi connectivity index (χ2v) is 9.06. The first-order chi connectivity index (χ1) is 11.8. The van der Waals surface area contributed by atoms with E-state index >= 15 is 0 Å². The zero-order valence-corrected chi connectivity index (χ0v) is 17.2. The third-order valence-corrected chi connectivity index (χ3v) is 5.08. The van der Waals surface area contributed by atoms with Crippen molar-refractivity contribution < 1.29 is 19.3 Å². The van der Waals surface area contributed by atoms with Crippen LogP contribution in [0.3, 0.4) is 0 Å². The lowest BCUT2D eigenvalue weighted by molar-refractivity contribution is -0.0893. The highest BCUT2D eigenvalue weighted by atomic mass is 16.6. The Morgan fingerprint density at radius 1 is 1.15 bits per heavy atom. The molecule has 1 amide bonds. The van der Waals surface area contributed by atoms with Gasteiger partial charge in [-0.15, -0.1) is 0 Å². The van der Waals surface area contributed by atoms with E-state index in [1.54, 1.807) is 18.7 Å². The number of hydrogen-bond donors (Lipinski definition) is 1. The predicted molar refractivity (Wildman–Crippen MR) is 105 cm³/mol. The minimum atomic E-state index is -0.935. The van der Waals surface area contributed by atoms with Crippen molar-refractivity contribution in [3.05, 3.63) is 29.3 Å². The molecule has 0 unspecified atom stereocenters. The number of amides is 1. The van der Waals surface area contributed by atoms with E-state index in [4.69, 9.17) is 9.39 Å². The molecule has 0 fully saturated rings. The van der Waals surface area contributed by atoms with E-state index in [2.05, 4.69) is 12.1 Å². The van der Waals surface area contributed by atoms with Crippen LogP contribution in [-0.4, -0.2) is 46.9 Å². The number of fused-ring (bicyclic) bond motifs is 1. The number of rotatable bonds is 4. The number of ether oxygens (including phenoxy) is 1. The normalized spacial score (nSPS) is 15.5. The van der Waals surface area contributed by atoms with E-state index in [-0.39, 0.29) is 6.09 Å². The Kier molecular flexibility index (Phi) is 5.79. The van der Waals surface area contributed by atoms with Gasteiger partial charge in [-0.3, -0.25) is 0 Å². The van der Waals surface area contributed by atoms with Crippen LogP contribution in [0.2, 0.25) is 0 Å². The van der Waals surface area contributed by atoms with Crippen LogP contribution >= 0.6 is 0 Å². The molecule has 5 nitrogen and oxygen atoms in total. The van der Waals surface area contributed by atoms with E-state index in [1.165, 1.54) is 5.56 Å². The van der Waals surface area contributed by atoms with Crippen molar-refractivity contribution in [1.29, 1.82) is 0 Å². The van der Waals surface area contributed by atoms with Gasteiger partial charge in [0, 0.05) is 13.1 Å². The highest BCUT2D eigenvalue weighted by molar-refractivity contribution is 6.47. The van der Waals surface area contributed by atoms with Gasteiger partial charge in [0.15, 0.2) is 0 Å². The molecule has 1 aromatic carbocycles. The van der Waals surface area contributed by atoms with Gasteiger partial charge in [0.25, 0.3) is 0 Å². The Morgan fingerprint density at radius 3 is 2.38 bits per heavy atom. The lowest BCUT2D eigenvalue weighted by Crippen LogP contribution is -2.49. The lowest BCUT2D eigenvalue weighted by Gasteiger charge is -2.38. The Balaban J connectivity index is 2.10. The van der Waals surface area contributed by atoms with Crippen LogP contribution in [0.1, 0.15) is 59.6 Å². The maximum Gasteiger partial charge on any atom is 0.410 e. The van der Waals surface area contributed by atoms with Crippen LogP contribution in [0.4, 0.5) is 4.79 Å². The largest absolute Gasteiger partial charge is 0.444 e. The van der Waals surface area contributed by atoms with Gasteiger partial charge in [-0.1, -0.05) is 18.2 Å². The molecule has 0 bridgehead atoms. The summed E-state index contributed by atoms with van der Waals surface area (Å²) < 4.78 is 11.5. The number of hydrogen-bond acceptors (Lipinski definition) is 4. The maximum absolute atomic E-state index is 12.3. The molecule has 0 atom stereocenters. The summed E-state index contributed by atoms with van der Waals surface area (Å²) in [6, 6.07) is 6.10. The summed E-state index contributed by atoms with van der Waals surface area (Å²) in [5.41, 5.74) is 1.39. The van der Waals surface area contributed by atoms with Gasteiger partial charge in [0.1, 0.15) is 5.60 Å². The van der Waals surface area contributed by atoms with Crippen LogP contribution < -0.4 is 5.46 Å². The highest BCUT2D eigenvalue weighted by Crippen LogP contribution is 2.25. The third kappa shape index (κ3) is 5.01. The second kappa shape index (κ2) is 7.24. The molecule has 0 radical (unpaired) electrons. The van der Waals surface area contributed by atoms with Crippen molar-refractivity contribution in [3.63, 3.8) is 0 Å². The second-order valence-electron chi connectivity index (χ2n) is 9.06. The zero-order chi connectivity index (χ0) is 19.8. The summed E-state index contributed by atoms with van der Waals surface area (Å²) in [7, 11) is 0.437. The summed E-state index contributed by atoms with van der Waals surface area (Å²) >= 11 is 0. The summed E-state index contributed by atoms with van der Waals surface area (Å²) in [6.07, 6.45) is 0.504. The van der Waals surface area contributed by atoms with E-state index in [9.17, 15) is 9.90 Å². The molecule has 1 aliphatic rings. The van der Waals surface area contributed by atoms with E-state index in [1.807, 2.05) is 40.7 Å². The van der Waals surface area contributed by atoms with Gasteiger partial charge < -0.3 is 19.4 Å². The van der Waals surface area contributed by atoms with Gasteiger partial charge in [-0.2, -0.15) is 0 Å². The molecule has 0 spiro atoms. The molecule has 144 valence electrons. The Hall–Kier alpha value is -1.53.